The van der Waals surface area contributed by atoms with Crippen LogP contribution in [-0.4, -0.2) is 15.9 Å². The van der Waals surface area contributed by atoms with E-state index in [-0.39, 0.29) is 24.7 Å². The molecule has 6 heteroatoms. The summed E-state index contributed by atoms with van der Waals surface area (Å²) >= 11 is 0. The largest absolute Gasteiger partial charge is 0.467 e. The number of pyridine rings is 1. The number of carbonyl (C=O) groups is 1. The molecular formula is C24H23N3O3. The molecule has 2 aromatic heterocycles. The van der Waals surface area contributed by atoms with Crippen LogP contribution in [0.3, 0.4) is 0 Å². The third-order valence-corrected chi connectivity index (χ3v) is 4.97. The standard InChI is InChI=1S/C24H23N3O3/c1-16-11-17(2)22-18(12-16)13-19(23(28)26-22)14-27(15-21-9-6-10-30-21)24(29)25-20-7-4-3-5-8-20/h3-13H,14-15H2,1-2H3,(H,25,29)(H,26,28). The van der Waals surface area contributed by atoms with Gasteiger partial charge in [0.15, 0.2) is 0 Å². The lowest BCUT2D eigenvalue weighted by Crippen LogP contribution is -2.35. The number of fused-ring (bicyclic) bond motifs is 1. The van der Waals surface area contributed by atoms with Crippen molar-refractivity contribution in [2.24, 2.45) is 0 Å². The van der Waals surface area contributed by atoms with Crippen LogP contribution in [0.1, 0.15) is 22.5 Å². The first-order valence-corrected chi connectivity index (χ1v) is 9.76. The summed E-state index contributed by atoms with van der Waals surface area (Å²) in [6, 6.07) is 18.4. The molecule has 0 radical (unpaired) electrons. The number of amides is 2. The van der Waals surface area contributed by atoms with E-state index in [0.717, 1.165) is 22.0 Å². The molecule has 2 amide bonds. The molecule has 4 aromatic rings. The molecule has 0 aliphatic carbocycles. The third kappa shape index (κ3) is 4.27. The highest BCUT2D eigenvalue weighted by Crippen LogP contribution is 2.19. The molecule has 2 N–H and O–H groups in total. The molecule has 0 aliphatic rings. The van der Waals surface area contributed by atoms with E-state index in [1.54, 1.807) is 23.3 Å². The number of anilines is 1. The smallest absolute Gasteiger partial charge is 0.322 e. The third-order valence-electron chi connectivity index (χ3n) is 4.97. The summed E-state index contributed by atoms with van der Waals surface area (Å²) in [6.07, 6.45) is 1.57. The first-order chi connectivity index (χ1) is 14.5. The Balaban J connectivity index is 1.66. The molecule has 4 rings (SSSR count). The van der Waals surface area contributed by atoms with Crippen LogP contribution in [0.2, 0.25) is 0 Å². The molecule has 0 aliphatic heterocycles. The van der Waals surface area contributed by atoms with E-state index in [2.05, 4.69) is 10.3 Å². The maximum absolute atomic E-state index is 13.0. The van der Waals surface area contributed by atoms with Crippen molar-refractivity contribution in [1.82, 2.24) is 9.88 Å². The van der Waals surface area contributed by atoms with Gasteiger partial charge in [-0.05, 0) is 61.2 Å². The van der Waals surface area contributed by atoms with Crippen LogP contribution >= 0.6 is 0 Å². The van der Waals surface area contributed by atoms with Crippen LogP contribution in [-0.2, 0) is 13.1 Å². The Hall–Kier alpha value is -3.80. The van der Waals surface area contributed by atoms with Crippen molar-refractivity contribution in [3.8, 4) is 0 Å². The molecule has 2 aromatic carbocycles. The number of aromatic amines is 1. The van der Waals surface area contributed by atoms with E-state index in [4.69, 9.17) is 4.42 Å². The summed E-state index contributed by atoms with van der Waals surface area (Å²) < 4.78 is 5.43. The number of hydrogen-bond donors (Lipinski definition) is 2. The Morgan fingerprint density at radius 3 is 2.57 bits per heavy atom. The van der Waals surface area contributed by atoms with Crippen LogP contribution in [0.4, 0.5) is 10.5 Å². The van der Waals surface area contributed by atoms with Crippen molar-refractivity contribution in [2.75, 3.05) is 5.32 Å². The van der Waals surface area contributed by atoms with Gasteiger partial charge >= 0.3 is 6.03 Å². The number of benzene rings is 2. The van der Waals surface area contributed by atoms with Gasteiger partial charge in [-0.15, -0.1) is 0 Å². The second kappa shape index (κ2) is 8.29. The van der Waals surface area contributed by atoms with Crippen LogP contribution in [0.25, 0.3) is 10.9 Å². The number of aromatic nitrogens is 1. The fourth-order valence-corrected chi connectivity index (χ4v) is 3.57. The van der Waals surface area contributed by atoms with Crippen LogP contribution in [0, 0.1) is 13.8 Å². The van der Waals surface area contributed by atoms with Crippen molar-refractivity contribution in [3.05, 3.63) is 99.7 Å². The van der Waals surface area contributed by atoms with E-state index in [0.29, 0.717) is 17.0 Å². The highest BCUT2D eigenvalue weighted by molar-refractivity contribution is 5.89. The average molecular weight is 401 g/mol. The number of rotatable bonds is 5. The van der Waals surface area contributed by atoms with E-state index in [9.17, 15) is 9.59 Å². The first-order valence-electron chi connectivity index (χ1n) is 9.76. The maximum Gasteiger partial charge on any atom is 0.322 e. The predicted octanol–water partition coefficient (Wildman–Crippen LogP) is 4.97. The minimum atomic E-state index is -0.308. The van der Waals surface area contributed by atoms with Gasteiger partial charge in [0.1, 0.15) is 5.76 Å². The monoisotopic (exact) mass is 401 g/mol. The van der Waals surface area contributed by atoms with Gasteiger partial charge in [0.05, 0.1) is 24.9 Å². The van der Waals surface area contributed by atoms with Gasteiger partial charge in [-0.1, -0.05) is 29.8 Å². The van der Waals surface area contributed by atoms with Crippen molar-refractivity contribution < 1.29 is 9.21 Å². The summed E-state index contributed by atoms with van der Waals surface area (Å²) in [5, 5.41) is 3.83. The zero-order valence-electron chi connectivity index (χ0n) is 16.9. The number of aryl methyl sites for hydroxylation is 2. The normalized spacial score (nSPS) is 10.9. The van der Waals surface area contributed by atoms with Crippen molar-refractivity contribution in [1.29, 1.82) is 0 Å². The second-order valence-corrected chi connectivity index (χ2v) is 7.40. The number of hydrogen-bond acceptors (Lipinski definition) is 3. The number of furan rings is 1. The minimum absolute atomic E-state index is 0.150. The molecule has 0 bridgehead atoms. The number of nitrogens with zero attached hydrogens (tertiary/aromatic N) is 1. The van der Waals surface area contributed by atoms with Gasteiger partial charge < -0.3 is 19.6 Å². The van der Waals surface area contributed by atoms with Gasteiger partial charge in [0.2, 0.25) is 0 Å². The van der Waals surface area contributed by atoms with Gasteiger partial charge in [0, 0.05) is 11.3 Å². The summed E-state index contributed by atoms with van der Waals surface area (Å²) in [6.45, 7) is 4.39. The van der Waals surface area contributed by atoms with Crippen LogP contribution in [0.5, 0.6) is 0 Å². The molecule has 0 unspecified atom stereocenters. The molecule has 0 spiro atoms. The summed E-state index contributed by atoms with van der Waals surface area (Å²) in [5.41, 5.74) is 3.95. The summed E-state index contributed by atoms with van der Waals surface area (Å²) in [5.74, 6) is 0.641. The maximum atomic E-state index is 13.0. The molecule has 0 atom stereocenters. The van der Waals surface area contributed by atoms with E-state index in [1.807, 2.05) is 62.4 Å². The summed E-state index contributed by atoms with van der Waals surface area (Å²) in [7, 11) is 0. The minimum Gasteiger partial charge on any atom is -0.467 e. The number of para-hydroxylation sites is 1. The zero-order valence-corrected chi connectivity index (χ0v) is 16.9. The molecule has 0 saturated heterocycles. The second-order valence-electron chi connectivity index (χ2n) is 7.40. The Morgan fingerprint density at radius 2 is 1.83 bits per heavy atom. The fourth-order valence-electron chi connectivity index (χ4n) is 3.57. The van der Waals surface area contributed by atoms with Crippen LogP contribution < -0.4 is 10.9 Å². The zero-order chi connectivity index (χ0) is 21.1. The number of carbonyl (C=O) groups excluding carboxylic acids is 1. The Morgan fingerprint density at radius 1 is 1.03 bits per heavy atom. The quantitative estimate of drug-likeness (QED) is 0.495. The van der Waals surface area contributed by atoms with E-state index in [1.165, 1.54) is 0 Å². The first kappa shape index (κ1) is 19.5. The molecule has 6 nitrogen and oxygen atoms in total. The number of H-pyrrole nitrogens is 1. The van der Waals surface area contributed by atoms with Crippen molar-refractivity contribution >= 4 is 22.6 Å². The van der Waals surface area contributed by atoms with Gasteiger partial charge in [-0.3, -0.25) is 4.79 Å². The van der Waals surface area contributed by atoms with Gasteiger partial charge in [-0.2, -0.15) is 0 Å². The number of nitrogens with one attached hydrogen (secondary N) is 2. The lowest BCUT2D eigenvalue weighted by molar-refractivity contribution is 0.201. The molecule has 2 heterocycles. The Bertz CT molecular complexity index is 1230. The molecule has 0 fully saturated rings. The molecule has 30 heavy (non-hydrogen) atoms. The lowest BCUT2D eigenvalue weighted by Gasteiger charge is -2.22. The Labute approximate surface area is 174 Å². The topological polar surface area (TPSA) is 78.3 Å². The predicted molar refractivity (Wildman–Crippen MR) is 117 cm³/mol. The highest BCUT2D eigenvalue weighted by atomic mass is 16.3. The lowest BCUT2D eigenvalue weighted by atomic mass is 10.1. The van der Waals surface area contributed by atoms with Crippen molar-refractivity contribution in [2.45, 2.75) is 26.9 Å². The summed E-state index contributed by atoms with van der Waals surface area (Å²) in [4.78, 5) is 30.3. The SMILES string of the molecule is Cc1cc(C)c2[nH]c(=O)c(CN(Cc3ccco3)C(=O)Nc3ccccc3)cc2c1. The average Bonchev–Trinajstić information content (AvgIpc) is 3.22. The van der Waals surface area contributed by atoms with Crippen molar-refractivity contribution in [3.63, 3.8) is 0 Å². The van der Waals surface area contributed by atoms with E-state index < -0.39 is 0 Å². The molecule has 0 saturated carbocycles. The highest BCUT2D eigenvalue weighted by Gasteiger charge is 2.18. The fraction of sp³-hybridized carbons (Fsp3) is 0.167. The number of urea groups is 1. The molecule has 152 valence electrons. The molecular weight excluding hydrogens is 378 g/mol. The van der Waals surface area contributed by atoms with Crippen LogP contribution in [0.15, 0.2) is 76.1 Å². The van der Waals surface area contributed by atoms with Gasteiger partial charge in [0.25, 0.3) is 5.56 Å². The van der Waals surface area contributed by atoms with Gasteiger partial charge in [-0.25, -0.2) is 4.79 Å². The Kier molecular flexibility index (Phi) is 5.39. The van der Waals surface area contributed by atoms with E-state index >= 15 is 0 Å².